The van der Waals surface area contributed by atoms with Crippen molar-refractivity contribution in [2.24, 2.45) is 0 Å². The number of aryl methyl sites for hydroxylation is 1. The van der Waals surface area contributed by atoms with Crippen LogP contribution < -0.4 is 10.1 Å². The molecule has 0 aliphatic carbocycles. The van der Waals surface area contributed by atoms with Gasteiger partial charge >= 0.3 is 0 Å². The van der Waals surface area contributed by atoms with Crippen LogP contribution in [0, 0.1) is 12.7 Å². The van der Waals surface area contributed by atoms with Crippen LogP contribution in [0.1, 0.15) is 12.5 Å². The fourth-order valence-electron chi connectivity index (χ4n) is 1.83. The van der Waals surface area contributed by atoms with Gasteiger partial charge in [-0.15, -0.1) is 11.8 Å². The third-order valence-corrected chi connectivity index (χ3v) is 4.29. The average molecular weight is 319 g/mol. The standard InChI is InChI=1S/C17H18FNO2S/c1-11-4-5-13(10-16(11)18)19-17(20)12(2)22-15-8-6-14(21-3)7-9-15/h4-10,12H,1-3H3,(H,19,20)/t12-/m1/s1. The molecular formula is C17H18FNO2S. The number of thioether (sulfide) groups is 1. The van der Waals surface area contributed by atoms with E-state index < -0.39 is 0 Å². The molecule has 0 spiro atoms. The first kappa shape index (κ1) is 16.4. The van der Waals surface area contributed by atoms with Gasteiger partial charge in [0.2, 0.25) is 5.91 Å². The average Bonchev–Trinajstić information content (AvgIpc) is 2.51. The van der Waals surface area contributed by atoms with Gasteiger partial charge in [0.05, 0.1) is 12.4 Å². The van der Waals surface area contributed by atoms with Crippen molar-refractivity contribution in [2.45, 2.75) is 24.0 Å². The second-order valence-electron chi connectivity index (χ2n) is 4.89. The van der Waals surface area contributed by atoms with E-state index in [0.717, 1.165) is 10.6 Å². The van der Waals surface area contributed by atoms with E-state index >= 15 is 0 Å². The molecule has 0 aliphatic heterocycles. The number of amides is 1. The summed E-state index contributed by atoms with van der Waals surface area (Å²) in [7, 11) is 1.61. The van der Waals surface area contributed by atoms with Crippen molar-refractivity contribution in [3.05, 3.63) is 53.8 Å². The first-order valence-corrected chi connectivity index (χ1v) is 7.75. The summed E-state index contributed by atoms with van der Waals surface area (Å²) in [6.07, 6.45) is 0. The van der Waals surface area contributed by atoms with E-state index in [1.807, 2.05) is 31.2 Å². The highest BCUT2D eigenvalue weighted by Crippen LogP contribution is 2.26. The highest BCUT2D eigenvalue weighted by Gasteiger charge is 2.15. The molecule has 0 heterocycles. The number of nitrogens with one attached hydrogen (secondary N) is 1. The second-order valence-corrected chi connectivity index (χ2v) is 6.30. The van der Waals surface area contributed by atoms with Crippen LogP contribution in [-0.2, 0) is 4.79 Å². The van der Waals surface area contributed by atoms with Gasteiger partial charge in [0.25, 0.3) is 0 Å². The number of benzene rings is 2. The maximum Gasteiger partial charge on any atom is 0.237 e. The number of methoxy groups -OCH3 is 1. The van der Waals surface area contributed by atoms with Crippen LogP contribution in [-0.4, -0.2) is 18.3 Å². The van der Waals surface area contributed by atoms with Gasteiger partial charge < -0.3 is 10.1 Å². The molecule has 0 bridgehead atoms. The molecule has 0 fully saturated rings. The molecule has 22 heavy (non-hydrogen) atoms. The summed E-state index contributed by atoms with van der Waals surface area (Å²) < 4.78 is 18.6. The van der Waals surface area contributed by atoms with Gasteiger partial charge in [0.1, 0.15) is 11.6 Å². The van der Waals surface area contributed by atoms with Gasteiger partial charge in [-0.25, -0.2) is 4.39 Å². The van der Waals surface area contributed by atoms with Gasteiger partial charge in [-0.2, -0.15) is 0 Å². The monoisotopic (exact) mass is 319 g/mol. The predicted octanol–water partition coefficient (Wildman–Crippen LogP) is 4.26. The van der Waals surface area contributed by atoms with Crippen molar-refractivity contribution >= 4 is 23.4 Å². The highest BCUT2D eigenvalue weighted by molar-refractivity contribution is 8.00. The SMILES string of the molecule is COc1ccc(S[C@H](C)C(=O)Nc2ccc(C)c(F)c2)cc1. The summed E-state index contributed by atoms with van der Waals surface area (Å²) in [6, 6.07) is 12.2. The van der Waals surface area contributed by atoms with E-state index in [-0.39, 0.29) is 17.0 Å². The second kappa shape index (κ2) is 7.31. The molecule has 1 atom stereocenters. The Hall–Kier alpha value is -2.01. The molecule has 3 nitrogen and oxygen atoms in total. The van der Waals surface area contributed by atoms with Crippen LogP contribution in [0.2, 0.25) is 0 Å². The van der Waals surface area contributed by atoms with Gasteiger partial charge in [0.15, 0.2) is 0 Å². The lowest BCUT2D eigenvalue weighted by Crippen LogP contribution is -2.22. The lowest BCUT2D eigenvalue weighted by atomic mass is 10.2. The molecule has 0 saturated carbocycles. The highest BCUT2D eigenvalue weighted by atomic mass is 32.2. The smallest absolute Gasteiger partial charge is 0.237 e. The lowest BCUT2D eigenvalue weighted by Gasteiger charge is -2.12. The van der Waals surface area contributed by atoms with E-state index in [9.17, 15) is 9.18 Å². The molecule has 1 amide bonds. The van der Waals surface area contributed by atoms with Gasteiger partial charge in [-0.05, 0) is 55.8 Å². The Labute approximate surface area is 133 Å². The van der Waals surface area contributed by atoms with Crippen molar-refractivity contribution in [2.75, 3.05) is 12.4 Å². The van der Waals surface area contributed by atoms with Gasteiger partial charge in [-0.1, -0.05) is 6.07 Å². The van der Waals surface area contributed by atoms with Crippen LogP contribution >= 0.6 is 11.8 Å². The largest absolute Gasteiger partial charge is 0.497 e. The molecule has 0 aromatic heterocycles. The van der Waals surface area contributed by atoms with Crippen LogP contribution in [0.4, 0.5) is 10.1 Å². The third-order valence-electron chi connectivity index (χ3n) is 3.18. The van der Waals surface area contributed by atoms with Crippen LogP contribution in [0.5, 0.6) is 5.75 Å². The van der Waals surface area contributed by atoms with Crippen molar-refractivity contribution in [3.8, 4) is 5.75 Å². The maximum atomic E-state index is 13.5. The molecule has 2 aromatic rings. The van der Waals surface area contributed by atoms with E-state index in [1.165, 1.54) is 17.8 Å². The fourth-order valence-corrected chi connectivity index (χ4v) is 2.69. The van der Waals surface area contributed by atoms with Crippen LogP contribution in [0.25, 0.3) is 0 Å². The summed E-state index contributed by atoms with van der Waals surface area (Å²) in [5, 5.41) is 2.43. The molecule has 116 valence electrons. The predicted molar refractivity (Wildman–Crippen MR) is 88.1 cm³/mol. The first-order chi connectivity index (χ1) is 10.5. The Morgan fingerprint density at radius 3 is 2.50 bits per heavy atom. The van der Waals surface area contributed by atoms with E-state index in [2.05, 4.69) is 5.32 Å². The minimum atomic E-state index is -0.326. The van der Waals surface area contributed by atoms with E-state index in [1.54, 1.807) is 26.2 Å². The van der Waals surface area contributed by atoms with Crippen molar-refractivity contribution in [1.29, 1.82) is 0 Å². The van der Waals surface area contributed by atoms with Crippen molar-refractivity contribution in [3.63, 3.8) is 0 Å². The van der Waals surface area contributed by atoms with Crippen LogP contribution in [0.15, 0.2) is 47.4 Å². The third kappa shape index (κ3) is 4.24. The summed E-state index contributed by atoms with van der Waals surface area (Å²) >= 11 is 1.44. The zero-order valence-corrected chi connectivity index (χ0v) is 13.5. The number of anilines is 1. The fraction of sp³-hybridized carbons (Fsp3) is 0.235. The Morgan fingerprint density at radius 2 is 1.91 bits per heavy atom. The Bertz CT molecular complexity index is 658. The topological polar surface area (TPSA) is 38.3 Å². The first-order valence-electron chi connectivity index (χ1n) is 6.87. The summed E-state index contributed by atoms with van der Waals surface area (Å²) in [5.74, 6) is 0.286. The van der Waals surface area contributed by atoms with E-state index in [4.69, 9.17) is 4.74 Å². The zero-order valence-electron chi connectivity index (χ0n) is 12.7. The molecule has 0 aliphatic rings. The number of carbonyl (C=O) groups is 1. The number of hydrogen-bond donors (Lipinski definition) is 1. The minimum Gasteiger partial charge on any atom is -0.497 e. The van der Waals surface area contributed by atoms with Gasteiger partial charge in [0, 0.05) is 10.6 Å². The quantitative estimate of drug-likeness (QED) is 0.837. The molecule has 0 saturated heterocycles. The maximum absolute atomic E-state index is 13.5. The summed E-state index contributed by atoms with van der Waals surface area (Å²) in [4.78, 5) is 13.1. The van der Waals surface area contributed by atoms with Gasteiger partial charge in [-0.3, -0.25) is 4.79 Å². The summed E-state index contributed by atoms with van der Waals surface area (Å²) in [5.41, 5.74) is 1.02. The molecule has 2 aromatic carbocycles. The molecule has 0 radical (unpaired) electrons. The number of ether oxygens (including phenoxy) is 1. The minimum absolute atomic E-state index is 0.163. The molecule has 0 unspecified atom stereocenters. The molecule has 1 N–H and O–H groups in total. The Kier molecular flexibility index (Phi) is 5.44. The number of rotatable bonds is 5. The zero-order chi connectivity index (χ0) is 16.1. The lowest BCUT2D eigenvalue weighted by molar-refractivity contribution is -0.115. The Balaban J connectivity index is 1.97. The molecule has 2 rings (SSSR count). The summed E-state index contributed by atoms with van der Waals surface area (Å²) in [6.45, 7) is 3.50. The number of halogens is 1. The molecular weight excluding hydrogens is 301 g/mol. The van der Waals surface area contributed by atoms with E-state index in [0.29, 0.717) is 11.3 Å². The van der Waals surface area contributed by atoms with Crippen molar-refractivity contribution in [1.82, 2.24) is 0 Å². The Morgan fingerprint density at radius 1 is 1.23 bits per heavy atom. The van der Waals surface area contributed by atoms with Crippen LogP contribution in [0.3, 0.4) is 0 Å². The number of hydrogen-bond acceptors (Lipinski definition) is 3. The normalized spacial score (nSPS) is 11.8. The molecule has 5 heteroatoms. The number of carbonyl (C=O) groups excluding carboxylic acids is 1. The van der Waals surface area contributed by atoms with Crippen molar-refractivity contribution < 1.29 is 13.9 Å².